The van der Waals surface area contributed by atoms with Gasteiger partial charge in [0, 0.05) is 12.8 Å². The predicted octanol–water partition coefficient (Wildman–Crippen LogP) is 1.24. The van der Waals surface area contributed by atoms with Crippen LogP contribution in [0.4, 0.5) is 0 Å². The molecule has 1 radical (unpaired) electrons. The summed E-state index contributed by atoms with van der Waals surface area (Å²) in [5, 5.41) is 8.59. The highest BCUT2D eigenvalue weighted by atomic mass is 16.2. The van der Waals surface area contributed by atoms with Crippen molar-refractivity contribution in [3.63, 3.8) is 0 Å². The monoisotopic (exact) mass is 192 g/mol. The Balaban J connectivity index is 2.45. The third kappa shape index (κ3) is 3.26. The molecule has 0 unspecified atom stereocenters. The van der Waals surface area contributed by atoms with Crippen LogP contribution < -0.4 is 0 Å². The van der Waals surface area contributed by atoms with Gasteiger partial charge in [0.1, 0.15) is 5.69 Å². The van der Waals surface area contributed by atoms with Crippen LogP contribution in [0.5, 0.6) is 0 Å². The summed E-state index contributed by atoms with van der Waals surface area (Å²) >= 11 is 0. The van der Waals surface area contributed by atoms with E-state index in [0.717, 1.165) is 31.2 Å². The highest BCUT2D eigenvalue weighted by Crippen LogP contribution is 2.08. The molecule has 3 heteroatoms. The van der Waals surface area contributed by atoms with Crippen molar-refractivity contribution >= 4 is 6.29 Å². The van der Waals surface area contributed by atoms with Crippen LogP contribution in [-0.2, 0) is 11.2 Å². The molecule has 0 atom stereocenters. The Morgan fingerprint density at radius 3 is 2.93 bits per heavy atom. The first-order valence-electron chi connectivity index (χ1n) is 4.81. The largest absolute Gasteiger partial charge is 0.396 e. The van der Waals surface area contributed by atoms with E-state index in [1.54, 1.807) is 6.20 Å². The number of hydrogen-bond acceptors (Lipinski definition) is 3. The molecule has 0 saturated heterocycles. The van der Waals surface area contributed by atoms with Crippen molar-refractivity contribution in [2.75, 3.05) is 6.61 Å². The Morgan fingerprint density at radius 2 is 2.21 bits per heavy atom. The van der Waals surface area contributed by atoms with Crippen molar-refractivity contribution in [3.05, 3.63) is 29.6 Å². The Labute approximate surface area is 83.8 Å². The van der Waals surface area contributed by atoms with Gasteiger partial charge in [-0.1, -0.05) is 12.5 Å². The second-order valence-corrected chi connectivity index (χ2v) is 3.15. The van der Waals surface area contributed by atoms with Gasteiger partial charge in [-0.25, -0.2) is 0 Å². The maximum Gasteiger partial charge on any atom is 0.253 e. The van der Waals surface area contributed by atoms with E-state index in [2.05, 4.69) is 4.98 Å². The smallest absolute Gasteiger partial charge is 0.253 e. The number of aliphatic hydroxyl groups excluding tert-OH is 1. The van der Waals surface area contributed by atoms with E-state index in [4.69, 9.17) is 5.11 Å². The number of aryl methyl sites for hydroxylation is 1. The lowest BCUT2D eigenvalue weighted by molar-refractivity contribution is 0.283. The number of rotatable bonds is 6. The molecule has 1 N–H and O–H groups in total. The Kier molecular flexibility index (Phi) is 4.86. The summed E-state index contributed by atoms with van der Waals surface area (Å²) in [7, 11) is 0. The number of unbranched alkanes of at least 4 members (excludes halogenated alkanes) is 2. The average Bonchev–Trinajstić information content (AvgIpc) is 2.25. The summed E-state index contributed by atoms with van der Waals surface area (Å²) in [4.78, 5) is 14.4. The van der Waals surface area contributed by atoms with Gasteiger partial charge < -0.3 is 5.11 Å². The number of hydrogen-bond donors (Lipinski definition) is 1. The van der Waals surface area contributed by atoms with Crippen LogP contribution >= 0.6 is 0 Å². The minimum Gasteiger partial charge on any atom is -0.396 e. The quantitative estimate of drug-likeness (QED) is 0.690. The van der Waals surface area contributed by atoms with E-state index in [1.165, 1.54) is 0 Å². The fraction of sp³-hybridized carbons (Fsp3) is 0.455. The molecular weight excluding hydrogens is 178 g/mol. The van der Waals surface area contributed by atoms with Crippen molar-refractivity contribution in [1.82, 2.24) is 4.98 Å². The standard InChI is InChI=1S/C11H14NO2/c13-8-3-1-2-5-10-6-4-7-12-11(10)9-14/h4,6-7,13H,1-3,5,8H2. The van der Waals surface area contributed by atoms with E-state index in [9.17, 15) is 4.79 Å². The first-order valence-corrected chi connectivity index (χ1v) is 4.81. The van der Waals surface area contributed by atoms with Gasteiger partial charge in [0.2, 0.25) is 0 Å². The summed E-state index contributed by atoms with van der Waals surface area (Å²) < 4.78 is 0. The zero-order valence-corrected chi connectivity index (χ0v) is 8.07. The van der Waals surface area contributed by atoms with Gasteiger partial charge in [0.05, 0.1) is 0 Å². The van der Waals surface area contributed by atoms with Crippen LogP contribution in [-0.4, -0.2) is 23.0 Å². The van der Waals surface area contributed by atoms with Gasteiger partial charge in [0.25, 0.3) is 6.29 Å². The third-order valence-corrected chi connectivity index (χ3v) is 2.09. The van der Waals surface area contributed by atoms with Gasteiger partial charge in [-0.3, -0.25) is 9.78 Å². The predicted molar refractivity (Wildman–Crippen MR) is 53.7 cm³/mol. The van der Waals surface area contributed by atoms with Crippen molar-refractivity contribution in [2.24, 2.45) is 0 Å². The molecule has 0 bridgehead atoms. The lowest BCUT2D eigenvalue weighted by Crippen LogP contribution is -1.96. The number of pyridine rings is 1. The molecule has 0 saturated carbocycles. The summed E-state index contributed by atoms with van der Waals surface area (Å²) in [6, 6.07) is 3.72. The molecule has 0 aliphatic heterocycles. The summed E-state index contributed by atoms with van der Waals surface area (Å²) in [5.74, 6) is 0. The van der Waals surface area contributed by atoms with Gasteiger partial charge in [-0.15, -0.1) is 0 Å². The minimum atomic E-state index is 0.236. The van der Waals surface area contributed by atoms with Gasteiger partial charge in [-0.05, 0) is 30.9 Å². The molecule has 14 heavy (non-hydrogen) atoms. The number of aromatic nitrogens is 1. The molecule has 0 aliphatic rings. The van der Waals surface area contributed by atoms with Gasteiger partial charge >= 0.3 is 0 Å². The summed E-state index contributed by atoms with van der Waals surface area (Å²) in [6.07, 6.45) is 7.02. The zero-order valence-electron chi connectivity index (χ0n) is 8.07. The highest BCUT2D eigenvalue weighted by molar-refractivity contribution is 5.74. The Bertz CT molecular complexity index is 286. The summed E-state index contributed by atoms with van der Waals surface area (Å²) in [5.41, 5.74) is 1.36. The second kappa shape index (κ2) is 6.27. The van der Waals surface area contributed by atoms with Crippen LogP contribution in [0.2, 0.25) is 0 Å². The van der Waals surface area contributed by atoms with Crippen molar-refractivity contribution in [2.45, 2.75) is 25.7 Å². The molecule has 75 valence electrons. The Hall–Kier alpha value is -1.22. The van der Waals surface area contributed by atoms with Crippen molar-refractivity contribution < 1.29 is 9.90 Å². The van der Waals surface area contributed by atoms with E-state index in [-0.39, 0.29) is 6.61 Å². The SMILES string of the molecule is O=[C]c1ncccc1CCCCCO. The van der Waals surface area contributed by atoms with Crippen LogP contribution in [0.15, 0.2) is 18.3 Å². The van der Waals surface area contributed by atoms with E-state index in [0.29, 0.717) is 5.69 Å². The lowest BCUT2D eigenvalue weighted by atomic mass is 10.1. The van der Waals surface area contributed by atoms with Gasteiger partial charge in [-0.2, -0.15) is 0 Å². The fourth-order valence-electron chi connectivity index (χ4n) is 1.34. The van der Waals surface area contributed by atoms with Crippen LogP contribution in [0, 0.1) is 0 Å². The first-order chi connectivity index (χ1) is 6.88. The molecule has 1 aromatic heterocycles. The normalized spacial score (nSPS) is 10.1. The molecule has 1 aromatic rings. The molecule has 0 aromatic carbocycles. The van der Waals surface area contributed by atoms with Crippen molar-refractivity contribution in [1.29, 1.82) is 0 Å². The van der Waals surface area contributed by atoms with Crippen LogP contribution in [0.3, 0.4) is 0 Å². The zero-order chi connectivity index (χ0) is 10.2. The lowest BCUT2D eigenvalue weighted by Gasteiger charge is -2.02. The van der Waals surface area contributed by atoms with Crippen LogP contribution in [0.25, 0.3) is 0 Å². The van der Waals surface area contributed by atoms with Crippen molar-refractivity contribution in [3.8, 4) is 0 Å². The topological polar surface area (TPSA) is 50.2 Å². The number of carbonyl (C=O) groups excluding carboxylic acids is 1. The number of aliphatic hydroxyl groups is 1. The van der Waals surface area contributed by atoms with E-state index in [1.807, 2.05) is 18.4 Å². The molecule has 0 fully saturated rings. The maximum atomic E-state index is 10.5. The molecule has 0 spiro atoms. The molecule has 3 nitrogen and oxygen atoms in total. The first kappa shape index (κ1) is 10.9. The molecule has 0 amide bonds. The molecule has 1 heterocycles. The minimum absolute atomic E-state index is 0.236. The number of nitrogens with zero attached hydrogens (tertiary/aromatic N) is 1. The molecule has 1 rings (SSSR count). The third-order valence-electron chi connectivity index (χ3n) is 2.09. The molecule has 0 aliphatic carbocycles. The fourth-order valence-corrected chi connectivity index (χ4v) is 1.34. The van der Waals surface area contributed by atoms with Gasteiger partial charge in [0.15, 0.2) is 0 Å². The second-order valence-electron chi connectivity index (χ2n) is 3.15. The molecular formula is C11H14NO2. The van der Waals surface area contributed by atoms with E-state index < -0.39 is 0 Å². The van der Waals surface area contributed by atoms with Crippen LogP contribution in [0.1, 0.15) is 30.5 Å². The van der Waals surface area contributed by atoms with E-state index >= 15 is 0 Å². The summed E-state index contributed by atoms with van der Waals surface area (Å²) in [6.45, 7) is 0.236. The highest BCUT2D eigenvalue weighted by Gasteiger charge is 2.01. The average molecular weight is 192 g/mol. The maximum absolute atomic E-state index is 10.5. The Morgan fingerprint density at radius 1 is 1.36 bits per heavy atom.